The van der Waals surface area contributed by atoms with Gasteiger partial charge in [0, 0.05) is 24.8 Å². The number of carbonyl (C=O) groups is 1. The molecule has 0 radical (unpaired) electrons. The molecule has 0 saturated carbocycles. The van der Waals surface area contributed by atoms with Crippen LogP contribution in [0, 0.1) is 3.57 Å². The van der Waals surface area contributed by atoms with Crippen LogP contribution in [-0.2, 0) is 0 Å². The topological polar surface area (TPSA) is 78.5 Å². The molecule has 25 heavy (non-hydrogen) atoms. The molecule has 0 bridgehead atoms. The number of hydrogen-bond acceptors (Lipinski definition) is 5. The van der Waals surface area contributed by atoms with Gasteiger partial charge in [-0.15, -0.1) is 0 Å². The third-order valence-corrected chi connectivity index (χ3v) is 3.67. The number of halogens is 1. The van der Waals surface area contributed by atoms with Crippen molar-refractivity contribution >= 4 is 28.9 Å². The summed E-state index contributed by atoms with van der Waals surface area (Å²) in [7, 11) is 0. The quantitative estimate of drug-likeness (QED) is 0.359. The van der Waals surface area contributed by atoms with Crippen molar-refractivity contribution < 1.29 is 4.79 Å². The fraction of sp³-hybridized carbons (Fsp3) is 0. The number of aldehydes is 1. The predicted molar refractivity (Wildman–Crippen MR) is 101 cm³/mol. The van der Waals surface area contributed by atoms with Crippen molar-refractivity contribution in [1.82, 2.24) is 29.5 Å². The van der Waals surface area contributed by atoms with E-state index in [4.69, 9.17) is 0 Å². The summed E-state index contributed by atoms with van der Waals surface area (Å²) in [5.74, 6) is 0. The number of rotatable bonds is 3. The van der Waals surface area contributed by atoms with Gasteiger partial charge in [0.25, 0.3) is 0 Å². The van der Waals surface area contributed by atoms with E-state index in [1.807, 2.05) is 36.7 Å². The molecule has 0 saturated heterocycles. The summed E-state index contributed by atoms with van der Waals surface area (Å²) in [6.07, 6.45) is 14.6. The molecule has 0 aliphatic carbocycles. The third kappa shape index (κ3) is 4.57. The summed E-state index contributed by atoms with van der Waals surface area (Å²) in [5.41, 5.74) is 2.39. The Morgan fingerprint density at radius 2 is 1.44 bits per heavy atom. The first kappa shape index (κ1) is 17.0. The Bertz CT molecular complexity index is 936. The minimum Gasteiger partial charge on any atom is -0.298 e. The van der Waals surface area contributed by atoms with E-state index in [1.165, 1.54) is 6.20 Å². The Balaban J connectivity index is 0.000000146. The van der Waals surface area contributed by atoms with Crippen molar-refractivity contribution in [3.63, 3.8) is 0 Å². The van der Waals surface area contributed by atoms with E-state index in [-0.39, 0.29) is 0 Å². The minimum absolute atomic E-state index is 0.559. The highest BCUT2D eigenvalue weighted by molar-refractivity contribution is 14.1. The minimum atomic E-state index is 0.559. The lowest BCUT2D eigenvalue weighted by atomic mass is 10.4. The van der Waals surface area contributed by atoms with Crippen molar-refractivity contribution in [3.8, 4) is 11.4 Å². The predicted octanol–water partition coefficient (Wildman–Crippen LogP) is 2.95. The molecule has 4 rings (SSSR count). The number of pyridine rings is 2. The molecule has 0 aliphatic heterocycles. The molecule has 124 valence electrons. The van der Waals surface area contributed by atoms with Gasteiger partial charge in [0.05, 0.1) is 45.3 Å². The molecule has 0 unspecified atom stereocenters. The highest BCUT2D eigenvalue weighted by Gasteiger charge is 1.98. The lowest BCUT2D eigenvalue weighted by molar-refractivity contribution is 0.112. The van der Waals surface area contributed by atoms with Crippen molar-refractivity contribution in [2.75, 3.05) is 0 Å². The van der Waals surface area contributed by atoms with Crippen LogP contribution in [0.1, 0.15) is 10.4 Å². The summed E-state index contributed by atoms with van der Waals surface area (Å²) in [6.45, 7) is 0. The molecular weight excluding hydrogens is 431 g/mol. The first-order valence-electron chi connectivity index (χ1n) is 7.27. The standard InChI is InChI=1S/C9H7N3O.C8H6IN3/c13-7-8-4-11-12(6-8)9-2-1-3-10-5-9;9-7-4-11-12(6-7)8-2-1-3-10-5-8/h1-7H;1-6H. The second-order valence-corrected chi connectivity index (χ2v) is 6.11. The number of hydrogen-bond donors (Lipinski definition) is 0. The molecule has 0 atom stereocenters. The second kappa shape index (κ2) is 8.29. The molecule has 0 N–H and O–H groups in total. The van der Waals surface area contributed by atoms with Crippen LogP contribution >= 0.6 is 22.6 Å². The van der Waals surface area contributed by atoms with Crippen LogP contribution in [0.15, 0.2) is 73.8 Å². The monoisotopic (exact) mass is 444 g/mol. The van der Waals surface area contributed by atoms with E-state index in [0.717, 1.165) is 21.2 Å². The second-order valence-electron chi connectivity index (χ2n) is 4.86. The highest BCUT2D eigenvalue weighted by atomic mass is 127. The number of aromatic nitrogens is 6. The Hall–Kier alpha value is -2.88. The molecule has 0 amide bonds. The molecule has 8 heteroatoms. The van der Waals surface area contributed by atoms with Crippen LogP contribution in [0.3, 0.4) is 0 Å². The van der Waals surface area contributed by atoms with Gasteiger partial charge in [-0.1, -0.05) is 0 Å². The van der Waals surface area contributed by atoms with Gasteiger partial charge in [-0.2, -0.15) is 10.2 Å². The fourth-order valence-electron chi connectivity index (χ4n) is 1.96. The molecule has 0 fully saturated rings. The summed E-state index contributed by atoms with van der Waals surface area (Å²) in [5, 5.41) is 8.16. The van der Waals surface area contributed by atoms with Crippen LogP contribution < -0.4 is 0 Å². The maximum Gasteiger partial charge on any atom is 0.153 e. The molecule has 0 spiro atoms. The molecule has 4 aromatic rings. The van der Waals surface area contributed by atoms with Gasteiger partial charge in [0.2, 0.25) is 0 Å². The van der Waals surface area contributed by atoms with Crippen LogP contribution in [0.4, 0.5) is 0 Å². The molecule has 4 heterocycles. The van der Waals surface area contributed by atoms with E-state index in [0.29, 0.717) is 5.56 Å². The van der Waals surface area contributed by atoms with Gasteiger partial charge in [0.15, 0.2) is 6.29 Å². The highest BCUT2D eigenvalue weighted by Crippen LogP contribution is 2.07. The molecular formula is C17H13IN6O. The van der Waals surface area contributed by atoms with Crippen LogP contribution in [0.2, 0.25) is 0 Å². The SMILES string of the molecule is Ic1cnn(-c2cccnc2)c1.O=Cc1cnn(-c2cccnc2)c1. The average Bonchev–Trinajstić information content (AvgIpc) is 3.33. The lowest BCUT2D eigenvalue weighted by Gasteiger charge is -1.97. The van der Waals surface area contributed by atoms with Gasteiger partial charge in [-0.3, -0.25) is 14.8 Å². The summed E-state index contributed by atoms with van der Waals surface area (Å²) in [6, 6.07) is 7.55. The number of carbonyl (C=O) groups excluding carboxylic acids is 1. The number of nitrogens with zero attached hydrogens (tertiary/aromatic N) is 6. The average molecular weight is 444 g/mol. The largest absolute Gasteiger partial charge is 0.298 e. The Kier molecular flexibility index (Phi) is 5.62. The van der Waals surface area contributed by atoms with E-state index < -0.39 is 0 Å². The molecule has 4 aromatic heterocycles. The van der Waals surface area contributed by atoms with E-state index >= 15 is 0 Å². The van der Waals surface area contributed by atoms with Crippen molar-refractivity contribution in [2.24, 2.45) is 0 Å². The molecule has 0 aromatic carbocycles. The van der Waals surface area contributed by atoms with Gasteiger partial charge < -0.3 is 0 Å². The van der Waals surface area contributed by atoms with Gasteiger partial charge >= 0.3 is 0 Å². The van der Waals surface area contributed by atoms with Gasteiger partial charge in [-0.05, 0) is 46.9 Å². The van der Waals surface area contributed by atoms with Gasteiger partial charge in [-0.25, -0.2) is 9.36 Å². The zero-order valence-electron chi connectivity index (χ0n) is 13.0. The maximum absolute atomic E-state index is 10.4. The van der Waals surface area contributed by atoms with E-state index in [9.17, 15) is 4.79 Å². The zero-order valence-corrected chi connectivity index (χ0v) is 15.1. The Morgan fingerprint density at radius 1 is 0.840 bits per heavy atom. The summed E-state index contributed by atoms with van der Waals surface area (Å²) < 4.78 is 4.53. The molecule has 0 aliphatic rings. The summed E-state index contributed by atoms with van der Waals surface area (Å²) in [4.78, 5) is 18.3. The Morgan fingerprint density at radius 3 is 1.88 bits per heavy atom. The fourth-order valence-corrected chi connectivity index (χ4v) is 2.35. The summed E-state index contributed by atoms with van der Waals surface area (Å²) >= 11 is 2.22. The van der Waals surface area contributed by atoms with Crippen LogP contribution in [0.5, 0.6) is 0 Å². The smallest absolute Gasteiger partial charge is 0.153 e. The zero-order chi connectivity index (χ0) is 17.5. The first-order chi connectivity index (χ1) is 12.3. The van der Waals surface area contributed by atoms with E-state index in [2.05, 4.69) is 42.8 Å². The first-order valence-corrected chi connectivity index (χ1v) is 8.35. The van der Waals surface area contributed by atoms with Crippen molar-refractivity contribution in [1.29, 1.82) is 0 Å². The van der Waals surface area contributed by atoms with Crippen LogP contribution in [-0.4, -0.2) is 35.8 Å². The van der Waals surface area contributed by atoms with Gasteiger partial charge in [0.1, 0.15) is 0 Å². The molecule has 7 nitrogen and oxygen atoms in total. The maximum atomic E-state index is 10.4. The van der Waals surface area contributed by atoms with Crippen molar-refractivity contribution in [3.05, 3.63) is 83.0 Å². The van der Waals surface area contributed by atoms with Crippen molar-refractivity contribution in [2.45, 2.75) is 0 Å². The van der Waals surface area contributed by atoms with E-state index in [1.54, 1.807) is 40.3 Å². The lowest BCUT2D eigenvalue weighted by Crippen LogP contribution is -1.93. The normalized spacial score (nSPS) is 9.96. The Labute approximate surface area is 157 Å². The van der Waals surface area contributed by atoms with Crippen LogP contribution in [0.25, 0.3) is 11.4 Å². The third-order valence-electron chi connectivity index (χ3n) is 3.11.